The largest absolute Gasteiger partial charge is 0.376 e. The van der Waals surface area contributed by atoms with E-state index >= 15 is 0 Å². The second kappa shape index (κ2) is 8.93. The lowest BCUT2D eigenvalue weighted by molar-refractivity contribution is -0.384. The van der Waals surface area contributed by atoms with Crippen LogP contribution >= 0.6 is 11.3 Å². The van der Waals surface area contributed by atoms with Gasteiger partial charge in [0.05, 0.1) is 16.6 Å². The number of anilines is 1. The number of benzene rings is 1. The van der Waals surface area contributed by atoms with Crippen molar-refractivity contribution in [1.29, 1.82) is 0 Å². The summed E-state index contributed by atoms with van der Waals surface area (Å²) in [4.78, 5) is 37.4. The van der Waals surface area contributed by atoms with Crippen molar-refractivity contribution >= 4 is 33.8 Å². The highest BCUT2D eigenvalue weighted by atomic mass is 32.1. The van der Waals surface area contributed by atoms with E-state index in [0.29, 0.717) is 17.1 Å². The predicted octanol–water partition coefficient (Wildman–Crippen LogP) is 3.70. The van der Waals surface area contributed by atoms with Crippen LogP contribution < -0.4 is 10.6 Å². The third kappa shape index (κ3) is 4.36. The van der Waals surface area contributed by atoms with Crippen LogP contribution in [0, 0.1) is 10.1 Å². The highest BCUT2D eigenvalue weighted by Gasteiger charge is 2.27. The van der Waals surface area contributed by atoms with Crippen molar-refractivity contribution in [3.05, 3.63) is 55.9 Å². The lowest BCUT2D eigenvalue weighted by atomic mass is 9.95. The Bertz CT molecular complexity index is 981. The number of nitro benzene ring substituents is 1. The fourth-order valence-corrected chi connectivity index (χ4v) is 5.21. The van der Waals surface area contributed by atoms with Crippen LogP contribution in [0.25, 0.3) is 0 Å². The number of amides is 2. The molecule has 0 unspecified atom stereocenters. The maximum atomic E-state index is 13.0. The molecule has 1 aliphatic heterocycles. The number of rotatable bonds is 6. The normalized spacial score (nSPS) is 17.9. The van der Waals surface area contributed by atoms with Gasteiger partial charge in [-0.15, -0.1) is 11.3 Å². The van der Waals surface area contributed by atoms with E-state index in [1.165, 1.54) is 35.6 Å². The molecule has 2 amide bonds. The second-order valence-electron chi connectivity index (χ2n) is 7.52. The van der Waals surface area contributed by atoms with Crippen molar-refractivity contribution < 1.29 is 19.2 Å². The van der Waals surface area contributed by atoms with Crippen LogP contribution in [0.1, 0.15) is 56.8 Å². The number of ether oxygens (including phenoxy) is 1. The summed E-state index contributed by atoms with van der Waals surface area (Å²) in [5.74, 6) is -0.676. The zero-order valence-electron chi connectivity index (χ0n) is 16.4. The minimum absolute atomic E-state index is 0.0336. The van der Waals surface area contributed by atoms with Crippen LogP contribution in [0.4, 0.5) is 10.7 Å². The van der Waals surface area contributed by atoms with Crippen LogP contribution in [0.5, 0.6) is 0 Å². The van der Waals surface area contributed by atoms with Gasteiger partial charge in [-0.3, -0.25) is 19.7 Å². The number of hydrogen-bond acceptors (Lipinski definition) is 6. The number of aryl methyl sites for hydroxylation is 1. The van der Waals surface area contributed by atoms with Crippen molar-refractivity contribution in [2.75, 3.05) is 18.5 Å². The van der Waals surface area contributed by atoms with Gasteiger partial charge in [-0.25, -0.2) is 0 Å². The Morgan fingerprint density at radius 2 is 2.03 bits per heavy atom. The van der Waals surface area contributed by atoms with Gasteiger partial charge in [-0.05, 0) is 50.2 Å². The summed E-state index contributed by atoms with van der Waals surface area (Å²) in [7, 11) is 0. The van der Waals surface area contributed by atoms with Crippen molar-refractivity contribution in [2.24, 2.45) is 0 Å². The Morgan fingerprint density at radius 3 is 2.80 bits per heavy atom. The summed E-state index contributed by atoms with van der Waals surface area (Å²) < 4.78 is 5.58. The number of carbonyl (C=O) groups excluding carboxylic acids is 2. The molecule has 0 bridgehead atoms. The lowest BCUT2D eigenvalue weighted by Crippen LogP contribution is -2.32. The molecule has 158 valence electrons. The van der Waals surface area contributed by atoms with Gasteiger partial charge in [-0.1, -0.05) is 6.07 Å². The molecule has 1 fully saturated rings. The highest BCUT2D eigenvalue weighted by molar-refractivity contribution is 7.17. The van der Waals surface area contributed by atoms with E-state index in [9.17, 15) is 19.7 Å². The number of nitrogens with one attached hydrogen (secondary N) is 2. The molecule has 2 aliphatic rings. The Balaban J connectivity index is 1.57. The van der Waals surface area contributed by atoms with Gasteiger partial charge in [0, 0.05) is 35.7 Å². The molecule has 1 aliphatic carbocycles. The van der Waals surface area contributed by atoms with Crippen molar-refractivity contribution in [1.82, 2.24) is 5.32 Å². The van der Waals surface area contributed by atoms with Gasteiger partial charge in [0.2, 0.25) is 0 Å². The molecule has 0 saturated carbocycles. The molecule has 9 heteroatoms. The average Bonchev–Trinajstić information content (AvgIpc) is 3.39. The van der Waals surface area contributed by atoms with Crippen molar-refractivity contribution in [3.63, 3.8) is 0 Å². The zero-order valence-corrected chi connectivity index (χ0v) is 17.3. The molecule has 0 spiro atoms. The summed E-state index contributed by atoms with van der Waals surface area (Å²) in [6.45, 7) is 1.17. The van der Waals surface area contributed by atoms with E-state index in [4.69, 9.17) is 4.74 Å². The van der Waals surface area contributed by atoms with Crippen LogP contribution in [0.3, 0.4) is 0 Å². The fraction of sp³-hybridized carbons (Fsp3) is 0.429. The van der Waals surface area contributed by atoms with Gasteiger partial charge < -0.3 is 15.4 Å². The van der Waals surface area contributed by atoms with Gasteiger partial charge in [-0.2, -0.15) is 0 Å². The fourth-order valence-electron chi connectivity index (χ4n) is 3.93. The SMILES string of the molecule is O=C(Nc1sc2c(c1C(=O)NC[C@@H]1CCCO1)CCCC2)c1cccc([N+](=O)[O-])c1. The van der Waals surface area contributed by atoms with Crippen molar-refractivity contribution in [3.8, 4) is 0 Å². The Labute approximate surface area is 177 Å². The first-order valence-electron chi connectivity index (χ1n) is 10.1. The molecule has 1 aromatic heterocycles. The van der Waals surface area contributed by atoms with Crippen molar-refractivity contribution in [2.45, 2.75) is 44.6 Å². The van der Waals surface area contributed by atoms with E-state index in [-0.39, 0.29) is 23.3 Å². The van der Waals surface area contributed by atoms with E-state index in [1.807, 2.05) is 0 Å². The van der Waals surface area contributed by atoms with Gasteiger partial charge in [0.15, 0.2) is 0 Å². The molecule has 1 atom stereocenters. The van der Waals surface area contributed by atoms with E-state index in [2.05, 4.69) is 10.6 Å². The summed E-state index contributed by atoms with van der Waals surface area (Å²) >= 11 is 1.42. The maximum absolute atomic E-state index is 13.0. The Kier molecular flexibility index (Phi) is 6.10. The topological polar surface area (TPSA) is 111 Å². The third-order valence-corrected chi connectivity index (χ3v) is 6.67. The monoisotopic (exact) mass is 429 g/mol. The summed E-state index contributed by atoms with van der Waals surface area (Å²) in [6.07, 6.45) is 5.72. The number of non-ortho nitro benzene ring substituents is 1. The molecule has 1 saturated heterocycles. The van der Waals surface area contributed by atoms with Gasteiger partial charge in [0.25, 0.3) is 17.5 Å². The first-order chi connectivity index (χ1) is 14.5. The molecule has 1 aromatic carbocycles. The number of fused-ring (bicyclic) bond motifs is 1. The lowest BCUT2D eigenvalue weighted by Gasteiger charge is -2.15. The number of nitro groups is 1. The van der Waals surface area contributed by atoms with Gasteiger partial charge in [0.1, 0.15) is 5.00 Å². The Hall–Kier alpha value is -2.78. The maximum Gasteiger partial charge on any atom is 0.270 e. The number of nitrogens with zero attached hydrogens (tertiary/aromatic N) is 1. The summed E-state index contributed by atoms with van der Waals surface area (Å²) in [5, 5.41) is 17.3. The van der Waals surface area contributed by atoms with Gasteiger partial charge >= 0.3 is 0 Å². The molecule has 2 heterocycles. The molecule has 2 aromatic rings. The van der Waals surface area contributed by atoms with E-state index in [0.717, 1.165) is 55.6 Å². The second-order valence-corrected chi connectivity index (χ2v) is 8.63. The molecule has 0 radical (unpaired) electrons. The van der Waals surface area contributed by atoms with Crippen LogP contribution in [-0.4, -0.2) is 36.0 Å². The van der Waals surface area contributed by atoms with Crippen LogP contribution in [-0.2, 0) is 17.6 Å². The minimum atomic E-state index is -0.537. The third-order valence-electron chi connectivity index (χ3n) is 5.46. The van der Waals surface area contributed by atoms with Crippen LogP contribution in [0.15, 0.2) is 24.3 Å². The summed E-state index contributed by atoms with van der Waals surface area (Å²) in [6, 6.07) is 5.57. The number of thiophene rings is 1. The van der Waals surface area contributed by atoms with E-state index < -0.39 is 10.8 Å². The van der Waals surface area contributed by atoms with Crippen LogP contribution in [0.2, 0.25) is 0 Å². The first-order valence-corrected chi connectivity index (χ1v) is 10.9. The zero-order chi connectivity index (χ0) is 21.1. The summed E-state index contributed by atoms with van der Waals surface area (Å²) in [5.41, 5.74) is 1.56. The molecule has 4 rings (SSSR count). The first kappa shape index (κ1) is 20.5. The molecule has 30 heavy (non-hydrogen) atoms. The minimum Gasteiger partial charge on any atom is -0.376 e. The molecular weight excluding hydrogens is 406 g/mol. The smallest absolute Gasteiger partial charge is 0.270 e. The van der Waals surface area contributed by atoms with E-state index in [1.54, 1.807) is 0 Å². The molecule has 2 N–H and O–H groups in total. The number of carbonyl (C=O) groups is 2. The Morgan fingerprint density at radius 1 is 1.20 bits per heavy atom. The highest BCUT2D eigenvalue weighted by Crippen LogP contribution is 2.38. The average molecular weight is 429 g/mol. The quantitative estimate of drug-likeness (QED) is 0.537. The number of hydrogen-bond donors (Lipinski definition) is 2. The predicted molar refractivity (Wildman–Crippen MR) is 113 cm³/mol. The molecule has 8 nitrogen and oxygen atoms in total. The molecular formula is C21H23N3O5S. The standard InChI is InChI=1S/C21H23N3O5S/c25-19(13-5-3-6-14(11-13)24(27)28)23-21-18(16-8-1-2-9-17(16)30-21)20(26)22-12-15-7-4-10-29-15/h3,5-6,11,15H,1-2,4,7-10,12H2,(H,22,26)(H,23,25)/t15-/m0/s1.